The topological polar surface area (TPSA) is 18.5 Å². The average Bonchev–Trinajstić information content (AvgIpc) is 2.73. The molecule has 0 atom stereocenters. The highest BCUT2D eigenvalue weighted by atomic mass is 28.4. The molecule has 0 heterocycles. The SMILES string of the molecule is C=CCCCO[Si](OCCCCCCC)(c1ccccc1)c1ccccc1. The smallest absolute Gasteiger partial charge is 0.388 e. The van der Waals surface area contributed by atoms with Crippen LogP contribution in [0.1, 0.15) is 51.9 Å². The summed E-state index contributed by atoms with van der Waals surface area (Å²) < 4.78 is 13.3. The summed E-state index contributed by atoms with van der Waals surface area (Å²) in [6.45, 7) is 7.51. The largest absolute Gasteiger partial charge is 0.407 e. The van der Waals surface area contributed by atoms with E-state index in [0.29, 0.717) is 6.61 Å². The lowest BCUT2D eigenvalue weighted by Crippen LogP contribution is -2.63. The van der Waals surface area contributed by atoms with Crippen LogP contribution < -0.4 is 10.4 Å². The van der Waals surface area contributed by atoms with E-state index < -0.39 is 8.56 Å². The molecule has 0 aliphatic rings. The van der Waals surface area contributed by atoms with Crippen molar-refractivity contribution < 1.29 is 8.85 Å². The van der Waals surface area contributed by atoms with Crippen molar-refractivity contribution in [2.75, 3.05) is 13.2 Å². The van der Waals surface area contributed by atoms with Crippen LogP contribution in [0, 0.1) is 0 Å². The lowest BCUT2D eigenvalue weighted by atomic mass is 10.2. The summed E-state index contributed by atoms with van der Waals surface area (Å²) in [5, 5.41) is 2.37. The van der Waals surface area contributed by atoms with E-state index in [1.165, 1.54) is 36.1 Å². The molecule has 2 nitrogen and oxygen atoms in total. The van der Waals surface area contributed by atoms with E-state index in [9.17, 15) is 0 Å². The highest BCUT2D eigenvalue weighted by Crippen LogP contribution is 2.13. The Bertz CT molecular complexity index is 588. The monoisotopic (exact) mass is 382 g/mol. The molecule has 0 saturated heterocycles. The molecule has 146 valence electrons. The van der Waals surface area contributed by atoms with Gasteiger partial charge in [0.05, 0.1) is 0 Å². The van der Waals surface area contributed by atoms with Crippen LogP contribution in [-0.2, 0) is 8.85 Å². The number of hydrogen-bond acceptors (Lipinski definition) is 2. The normalized spacial score (nSPS) is 11.4. The highest BCUT2D eigenvalue weighted by Gasteiger charge is 2.42. The van der Waals surface area contributed by atoms with Gasteiger partial charge in [-0.25, -0.2) is 0 Å². The summed E-state index contributed by atoms with van der Waals surface area (Å²) in [5.74, 6) is 0. The first-order valence-electron chi connectivity index (χ1n) is 10.3. The van der Waals surface area contributed by atoms with E-state index in [2.05, 4.69) is 74.2 Å². The average molecular weight is 383 g/mol. The molecule has 0 unspecified atom stereocenters. The Hall–Kier alpha value is -1.68. The van der Waals surface area contributed by atoms with Gasteiger partial charge in [0, 0.05) is 13.2 Å². The van der Waals surface area contributed by atoms with Gasteiger partial charge in [0.2, 0.25) is 0 Å². The summed E-state index contributed by atoms with van der Waals surface area (Å²) in [5.41, 5.74) is 0. The van der Waals surface area contributed by atoms with E-state index in [1.54, 1.807) is 0 Å². The van der Waals surface area contributed by atoms with Gasteiger partial charge in [-0.2, -0.15) is 0 Å². The Morgan fingerprint density at radius 1 is 0.741 bits per heavy atom. The van der Waals surface area contributed by atoms with E-state index in [4.69, 9.17) is 8.85 Å². The van der Waals surface area contributed by atoms with Crippen molar-refractivity contribution in [3.8, 4) is 0 Å². The fraction of sp³-hybridized carbons (Fsp3) is 0.417. The molecule has 0 saturated carbocycles. The summed E-state index contributed by atoms with van der Waals surface area (Å²) in [6.07, 6.45) is 10.0. The van der Waals surface area contributed by atoms with E-state index >= 15 is 0 Å². The predicted octanol–water partition coefficient (Wildman–Crippen LogP) is 5.21. The highest BCUT2D eigenvalue weighted by molar-refractivity contribution is 6.92. The lowest BCUT2D eigenvalue weighted by Gasteiger charge is -2.31. The first kappa shape index (κ1) is 21.6. The first-order valence-corrected chi connectivity index (χ1v) is 12.1. The number of unbranched alkanes of at least 4 members (excludes halogenated alkanes) is 5. The van der Waals surface area contributed by atoms with Gasteiger partial charge in [0.25, 0.3) is 0 Å². The molecule has 27 heavy (non-hydrogen) atoms. The summed E-state index contributed by atoms with van der Waals surface area (Å²) in [6, 6.07) is 21.1. The Morgan fingerprint density at radius 3 is 1.78 bits per heavy atom. The van der Waals surface area contributed by atoms with Crippen LogP contribution in [0.2, 0.25) is 0 Å². The van der Waals surface area contributed by atoms with Gasteiger partial charge >= 0.3 is 8.56 Å². The molecule has 0 aliphatic heterocycles. The third kappa shape index (κ3) is 6.76. The molecule has 0 radical (unpaired) electrons. The number of benzene rings is 2. The van der Waals surface area contributed by atoms with E-state index in [1.807, 2.05) is 6.08 Å². The van der Waals surface area contributed by atoms with Gasteiger partial charge < -0.3 is 8.85 Å². The Labute approximate surface area is 166 Å². The predicted molar refractivity (Wildman–Crippen MR) is 118 cm³/mol. The molecule has 3 heteroatoms. The second kappa shape index (κ2) is 12.7. The maximum absolute atomic E-state index is 6.65. The Kier molecular flexibility index (Phi) is 10.1. The second-order valence-electron chi connectivity index (χ2n) is 6.89. The quantitative estimate of drug-likeness (QED) is 0.254. The molecule has 2 aromatic carbocycles. The standard InChI is InChI=1S/C24H34O2Si/c1-3-5-7-8-16-22-26-27(25-21-15-6-4-2,23-17-11-9-12-18-23)24-19-13-10-14-20-24/h4,9-14,17-20H,2-3,5-8,15-16,21-22H2,1H3. The molecule has 0 N–H and O–H groups in total. The molecular weight excluding hydrogens is 348 g/mol. The van der Waals surface area contributed by atoms with Gasteiger partial charge in [0.15, 0.2) is 0 Å². The van der Waals surface area contributed by atoms with Gasteiger partial charge in [0.1, 0.15) is 0 Å². The third-order valence-corrected chi connectivity index (χ3v) is 8.13. The maximum atomic E-state index is 6.65. The van der Waals surface area contributed by atoms with Crippen molar-refractivity contribution in [1.29, 1.82) is 0 Å². The summed E-state index contributed by atoms with van der Waals surface area (Å²) in [7, 11) is -2.70. The molecule has 0 amide bonds. The molecule has 2 aromatic rings. The molecular formula is C24H34O2Si. The minimum absolute atomic E-state index is 0.692. The van der Waals surface area contributed by atoms with Crippen LogP contribution in [0.5, 0.6) is 0 Å². The van der Waals surface area contributed by atoms with Gasteiger partial charge in [-0.3, -0.25) is 0 Å². The summed E-state index contributed by atoms with van der Waals surface area (Å²) in [4.78, 5) is 0. The molecule has 0 spiro atoms. The lowest BCUT2D eigenvalue weighted by molar-refractivity contribution is 0.186. The second-order valence-corrected chi connectivity index (χ2v) is 9.86. The fourth-order valence-electron chi connectivity index (χ4n) is 3.22. The fourth-order valence-corrected chi connectivity index (χ4v) is 6.43. The van der Waals surface area contributed by atoms with Crippen molar-refractivity contribution in [3.63, 3.8) is 0 Å². The molecule has 0 aromatic heterocycles. The van der Waals surface area contributed by atoms with Crippen LogP contribution in [-0.4, -0.2) is 21.8 Å². The minimum atomic E-state index is -2.70. The van der Waals surface area contributed by atoms with Gasteiger partial charge in [-0.1, -0.05) is 99.3 Å². The molecule has 0 aliphatic carbocycles. The zero-order valence-corrected chi connectivity index (χ0v) is 17.7. The van der Waals surface area contributed by atoms with Crippen molar-refractivity contribution in [2.45, 2.75) is 51.9 Å². The van der Waals surface area contributed by atoms with E-state index in [-0.39, 0.29) is 0 Å². The van der Waals surface area contributed by atoms with Crippen molar-refractivity contribution >= 4 is 18.9 Å². The zero-order valence-electron chi connectivity index (χ0n) is 16.7. The molecule has 0 fully saturated rings. The maximum Gasteiger partial charge on any atom is 0.407 e. The van der Waals surface area contributed by atoms with Crippen LogP contribution in [0.15, 0.2) is 73.3 Å². The van der Waals surface area contributed by atoms with Crippen molar-refractivity contribution in [1.82, 2.24) is 0 Å². The molecule has 0 bridgehead atoms. The Morgan fingerprint density at radius 2 is 1.26 bits per heavy atom. The van der Waals surface area contributed by atoms with E-state index in [0.717, 1.165) is 25.9 Å². The van der Waals surface area contributed by atoms with Gasteiger partial charge in [-0.15, -0.1) is 6.58 Å². The summed E-state index contributed by atoms with van der Waals surface area (Å²) >= 11 is 0. The zero-order chi connectivity index (χ0) is 19.2. The van der Waals surface area contributed by atoms with Crippen LogP contribution in [0.3, 0.4) is 0 Å². The van der Waals surface area contributed by atoms with Crippen LogP contribution in [0.4, 0.5) is 0 Å². The van der Waals surface area contributed by atoms with Crippen molar-refractivity contribution in [3.05, 3.63) is 73.3 Å². The van der Waals surface area contributed by atoms with Gasteiger partial charge in [-0.05, 0) is 29.6 Å². The number of rotatable bonds is 14. The molecule has 2 rings (SSSR count). The van der Waals surface area contributed by atoms with Crippen LogP contribution >= 0.6 is 0 Å². The van der Waals surface area contributed by atoms with Crippen molar-refractivity contribution in [2.24, 2.45) is 0 Å². The number of hydrogen-bond donors (Lipinski definition) is 0. The minimum Gasteiger partial charge on any atom is -0.388 e. The van der Waals surface area contributed by atoms with Crippen LogP contribution in [0.25, 0.3) is 0 Å². The number of allylic oxidation sites excluding steroid dienone is 1. The first-order chi connectivity index (χ1) is 13.3. The third-order valence-electron chi connectivity index (χ3n) is 4.72. The Balaban J connectivity index is 2.21.